The second-order valence-electron chi connectivity index (χ2n) is 7.18. The largest absolute Gasteiger partial charge is 0.326 e. The summed E-state index contributed by atoms with van der Waals surface area (Å²) in [4.78, 5) is 15.4. The zero-order chi connectivity index (χ0) is 14.4. The number of hydrogen-bond acceptors (Lipinski definition) is 1. The van der Waals surface area contributed by atoms with Crippen LogP contribution in [-0.2, 0) is 11.8 Å². The first kappa shape index (κ1) is 14.4. The maximum Gasteiger partial charge on any atom is 0.326 e. The van der Waals surface area contributed by atoms with Gasteiger partial charge in [0.2, 0.25) is 0 Å². The number of H-pyrrole nitrogens is 1. The van der Waals surface area contributed by atoms with Crippen LogP contribution in [0.15, 0.2) is 4.79 Å². The lowest BCUT2D eigenvalue weighted by atomic mass is 9.70. The van der Waals surface area contributed by atoms with Gasteiger partial charge < -0.3 is 4.98 Å². The summed E-state index contributed by atoms with van der Waals surface area (Å²) >= 11 is 0. The number of nitrogens with zero attached hydrogens (tertiary/aromatic N) is 1. The van der Waals surface area contributed by atoms with Crippen molar-refractivity contribution in [2.75, 3.05) is 0 Å². The van der Waals surface area contributed by atoms with Crippen LogP contribution >= 0.6 is 0 Å². The van der Waals surface area contributed by atoms with E-state index in [9.17, 15) is 4.79 Å². The van der Waals surface area contributed by atoms with Gasteiger partial charge >= 0.3 is 5.69 Å². The molecule has 0 radical (unpaired) electrons. The van der Waals surface area contributed by atoms with Crippen molar-refractivity contribution in [3.63, 3.8) is 0 Å². The fourth-order valence-corrected chi connectivity index (χ4v) is 4.01. The van der Waals surface area contributed by atoms with Gasteiger partial charge in [0.05, 0.1) is 0 Å². The molecule has 1 aliphatic carbocycles. The summed E-state index contributed by atoms with van der Waals surface area (Å²) in [5, 5.41) is 0. The van der Waals surface area contributed by atoms with Crippen molar-refractivity contribution in [1.82, 2.24) is 9.55 Å². The molecule has 3 heteroatoms. The average molecular weight is 264 g/mol. The maximum absolute atomic E-state index is 12.2. The molecule has 1 unspecified atom stereocenters. The molecule has 0 aliphatic heterocycles. The molecule has 3 nitrogen and oxygen atoms in total. The molecule has 1 heterocycles. The van der Waals surface area contributed by atoms with Crippen molar-refractivity contribution in [2.45, 2.75) is 72.3 Å². The van der Waals surface area contributed by atoms with Gasteiger partial charge in [-0.25, -0.2) is 4.79 Å². The van der Waals surface area contributed by atoms with E-state index in [0.29, 0.717) is 11.8 Å². The Bertz CT molecular complexity index is 505. The van der Waals surface area contributed by atoms with E-state index in [1.165, 1.54) is 24.2 Å². The van der Waals surface area contributed by atoms with Crippen LogP contribution in [0.4, 0.5) is 0 Å². The first-order valence-corrected chi connectivity index (χ1v) is 7.60. The number of aromatic amines is 1. The molecule has 2 rings (SSSR count). The summed E-state index contributed by atoms with van der Waals surface area (Å²) in [7, 11) is 0. The number of nitrogens with one attached hydrogen (secondary N) is 1. The van der Waals surface area contributed by atoms with Crippen molar-refractivity contribution in [1.29, 1.82) is 0 Å². The van der Waals surface area contributed by atoms with Crippen LogP contribution in [0.25, 0.3) is 0 Å². The van der Waals surface area contributed by atoms with Crippen molar-refractivity contribution < 1.29 is 0 Å². The van der Waals surface area contributed by atoms with Crippen molar-refractivity contribution in [3.05, 3.63) is 21.9 Å². The lowest BCUT2D eigenvalue weighted by Crippen LogP contribution is -2.32. The zero-order valence-corrected chi connectivity index (χ0v) is 13.2. The van der Waals surface area contributed by atoms with E-state index >= 15 is 0 Å². The van der Waals surface area contributed by atoms with Gasteiger partial charge in [0.1, 0.15) is 0 Å². The minimum Gasteiger partial charge on any atom is -0.309 e. The molecular formula is C16H28N2O. The third-order valence-corrected chi connectivity index (χ3v) is 4.85. The highest BCUT2D eigenvalue weighted by Crippen LogP contribution is 2.42. The van der Waals surface area contributed by atoms with E-state index in [4.69, 9.17) is 0 Å². The molecule has 0 fully saturated rings. The van der Waals surface area contributed by atoms with Crippen LogP contribution < -0.4 is 5.69 Å². The van der Waals surface area contributed by atoms with Gasteiger partial charge in [-0.2, -0.15) is 0 Å². The molecule has 1 aliphatic rings. The minimum atomic E-state index is 0.0549. The summed E-state index contributed by atoms with van der Waals surface area (Å²) in [6, 6.07) is 0.235. The Morgan fingerprint density at radius 2 is 1.89 bits per heavy atom. The number of rotatable bonds is 2. The van der Waals surface area contributed by atoms with E-state index in [2.05, 4.69) is 46.5 Å². The predicted octanol–water partition coefficient (Wildman–Crippen LogP) is 3.64. The molecule has 1 aromatic heterocycles. The third-order valence-electron chi connectivity index (χ3n) is 4.85. The molecule has 0 saturated heterocycles. The molecule has 19 heavy (non-hydrogen) atoms. The molecule has 1 N–H and O–H groups in total. The summed E-state index contributed by atoms with van der Waals surface area (Å²) in [5.41, 5.74) is 2.55. The van der Waals surface area contributed by atoms with Gasteiger partial charge in [-0.3, -0.25) is 4.57 Å². The van der Waals surface area contributed by atoms with Crippen LogP contribution in [0.3, 0.4) is 0 Å². The van der Waals surface area contributed by atoms with Crippen LogP contribution in [0, 0.1) is 11.8 Å². The number of aromatic nitrogens is 2. The van der Waals surface area contributed by atoms with Crippen molar-refractivity contribution >= 4 is 0 Å². The molecular weight excluding hydrogens is 236 g/mol. The fraction of sp³-hybridized carbons (Fsp3) is 0.812. The normalized spacial score (nSPS) is 22.6. The minimum absolute atomic E-state index is 0.0549. The molecule has 0 aromatic carbocycles. The van der Waals surface area contributed by atoms with E-state index in [1.807, 2.05) is 4.57 Å². The quantitative estimate of drug-likeness (QED) is 0.814. The summed E-state index contributed by atoms with van der Waals surface area (Å²) in [6.45, 7) is 13.4. The second kappa shape index (κ2) is 4.84. The molecule has 1 atom stereocenters. The summed E-state index contributed by atoms with van der Waals surface area (Å²) in [5.74, 6) is 1.28. The smallest absolute Gasteiger partial charge is 0.309 e. The molecule has 108 valence electrons. The predicted molar refractivity (Wildman–Crippen MR) is 79.7 cm³/mol. The zero-order valence-electron chi connectivity index (χ0n) is 13.2. The fourth-order valence-electron chi connectivity index (χ4n) is 4.01. The van der Waals surface area contributed by atoms with Crippen molar-refractivity contribution in [2.24, 2.45) is 11.8 Å². The standard InChI is InChI=1S/C16H28N2O/c1-10(2)12-8-7-9-13-14(16(12,5)6)17-15(19)18(13)11(3)4/h10-12H,7-9H2,1-6H3,(H,17,19). The Morgan fingerprint density at radius 3 is 2.42 bits per heavy atom. The molecule has 0 saturated carbocycles. The Balaban J connectivity index is 2.60. The van der Waals surface area contributed by atoms with Crippen molar-refractivity contribution in [3.8, 4) is 0 Å². The van der Waals surface area contributed by atoms with E-state index in [-0.39, 0.29) is 17.1 Å². The highest BCUT2D eigenvalue weighted by atomic mass is 16.1. The third kappa shape index (κ3) is 2.28. The average Bonchev–Trinajstić information content (AvgIpc) is 2.55. The highest BCUT2D eigenvalue weighted by molar-refractivity contribution is 5.26. The Hall–Kier alpha value is -0.990. The Kier molecular flexibility index (Phi) is 3.67. The van der Waals surface area contributed by atoms with Gasteiger partial charge in [-0.1, -0.05) is 27.7 Å². The summed E-state index contributed by atoms with van der Waals surface area (Å²) < 4.78 is 1.96. The van der Waals surface area contributed by atoms with Crippen LogP contribution in [-0.4, -0.2) is 9.55 Å². The number of hydrogen-bond donors (Lipinski definition) is 1. The Morgan fingerprint density at radius 1 is 1.26 bits per heavy atom. The topological polar surface area (TPSA) is 37.8 Å². The Labute approximate surface area is 116 Å². The van der Waals surface area contributed by atoms with Gasteiger partial charge in [-0.15, -0.1) is 0 Å². The highest BCUT2D eigenvalue weighted by Gasteiger charge is 2.39. The van der Waals surface area contributed by atoms with Crippen LogP contribution in [0.1, 0.15) is 71.8 Å². The molecule has 0 spiro atoms. The van der Waals surface area contributed by atoms with Crippen LogP contribution in [0.5, 0.6) is 0 Å². The van der Waals surface area contributed by atoms with Gasteiger partial charge in [-0.05, 0) is 44.9 Å². The lowest BCUT2D eigenvalue weighted by molar-refractivity contribution is 0.223. The van der Waals surface area contributed by atoms with Gasteiger partial charge in [0.15, 0.2) is 0 Å². The van der Waals surface area contributed by atoms with Crippen LogP contribution in [0.2, 0.25) is 0 Å². The first-order chi connectivity index (χ1) is 8.76. The number of fused-ring (bicyclic) bond motifs is 1. The summed E-state index contributed by atoms with van der Waals surface area (Å²) in [6.07, 6.45) is 3.46. The maximum atomic E-state index is 12.2. The van der Waals surface area contributed by atoms with Gasteiger partial charge in [0, 0.05) is 22.8 Å². The monoisotopic (exact) mass is 264 g/mol. The number of imidazole rings is 1. The molecule has 1 aromatic rings. The lowest BCUT2D eigenvalue weighted by Gasteiger charge is -2.35. The first-order valence-electron chi connectivity index (χ1n) is 7.60. The second-order valence-corrected chi connectivity index (χ2v) is 7.18. The van der Waals surface area contributed by atoms with Gasteiger partial charge in [0.25, 0.3) is 0 Å². The van der Waals surface area contributed by atoms with E-state index < -0.39 is 0 Å². The van der Waals surface area contributed by atoms with E-state index in [1.54, 1.807) is 0 Å². The SMILES string of the molecule is CC(C)C1CCCc2c([nH]c(=O)n2C(C)C)C1(C)C. The van der Waals surface area contributed by atoms with E-state index in [0.717, 1.165) is 6.42 Å². The molecule has 0 amide bonds. The molecule has 0 bridgehead atoms.